The third-order valence-electron chi connectivity index (χ3n) is 3.14. The molecular formula is C16H27N3O2. The summed E-state index contributed by atoms with van der Waals surface area (Å²) in [6.07, 6.45) is 1.04. The maximum Gasteiger partial charge on any atom is 0.191 e. The molecule has 0 fully saturated rings. The van der Waals surface area contributed by atoms with E-state index < -0.39 is 0 Å². The second kappa shape index (κ2) is 11.1. The Labute approximate surface area is 127 Å². The van der Waals surface area contributed by atoms with Gasteiger partial charge in [-0.3, -0.25) is 4.99 Å². The van der Waals surface area contributed by atoms with Crippen LogP contribution in [0.2, 0.25) is 0 Å². The van der Waals surface area contributed by atoms with E-state index in [1.165, 1.54) is 11.1 Å². The van der Waals surface area contributed by atoms with E-state index in [0.717, 1.165) is 25.5 Å². The molecule has 1 aromatic carbocycles. The Morgan fingerprint density at radius 1 is 1.10 bits per heavy atom. The lowest BCUT2D eigenvalue weighted by Crippen LogP contribution is -2.38. The highest BCUT2D eigenvalue weighted by Crippen LogP contribution is 2.08. The number of benzene rings is 1. The van der Waals surface area contributed by atoms with Gasteiger partial charge in [-0.1, -0.05) is 31.2 Å². The largest absolute Gasteiger partial charge is 0.382 e. The first-order valence-electron chi connectivity index (χ1n) is 7.39. The van der Waals surface area contributed by atoms with Gasteiger partial charge in [0.15, 0.2) is 5.96 Å². The van der Waals surface area contributed by atoms with Crippen molar-refractivity contribution in [2.24, 2.45) is 4.99 Å². The van der Waals surface area contributed by atoms with Crippen LogP contribution in [0.25, 0.3) is 0 Å². The number of hydrogen-bond acceptors (Lipinski definition) is 3. The van der Waals surface area contributed by atoms with Crippen molar-refractivity contribution < 1.29 is 9.47 Å². The molecule has 0 aliphatic carbocycles. The van der Waals surface area contributed by atoms with E-state index in [1.807, 2.05) is 0 Å². The minimum absolute atomic E-state index is 0.619. The molecule has 1 aromatic rings. The Morgan fingerprint density at radius 2 is 1.86 bits per heavy atom. The monoisotopic (exact) mass is 293 g/mol. The van der Waals surface area contributed by atoms with Gasteiger partial charge in [-0.15, -0.1) is 0 Å². The minimum atomic E-state index is 0.619. The Morgan fingerprint density at radius 3 is 2.52 bits per heavy atom. The molecule has 0 radical (unpaired) electrons. The van der Waals surface area contributed by atoms with Crippen LogP contribution < -0.4 is 10.6 Å². The van der Waals surface area contributed by atoms with E-state index in [-0.39, 0.29) is 0 Å². The first-order chi connectivity index (χ1) is 10.3. The Kier molecular flexibility index (Phi) is 9.24. The molecule has 0 aromatic heterocycles. The zero-order valence-corrected chi connectivity index (χ0v) is 13.3. The molecule has 0 saturated carbocycles. The third-order valence-corrected chi connectivity index (χ3v) is 3.14. The van der Waals surface area contributed by atoms with Crippen LogP contribution >= 0.6 is 0 Å². The molecule has 2 N–H and O–H groups in total. The van der Waals surface area contributed by atoms with Crippen molar-refractivity contribution in [1.29, 1.82) is 0 Å². The maximum absolute atomic E-state index is 5.40. The average Bonchev–Trinajstić information content (AvgIpc) is 2.53. The fourth-order valence-corrected chi connectivity index (χ4v) is 1.96. The molecule has 0 spiro atoms. The van der Waals surface area contributed by atoms with E-state index >= 15 is 0 Å². The number of methoxy groups -OCH3 is 1. The predicted octanol–water partition coefficient (Wildman–Crippen LogP) is 1.58. The van der Waals surface area contributed by atoms with Gasteiger partial charge in [0.05, 0.1) is 19.8 Å². The SMILES string of the molecule is CCc1ccccc1CNC(=NC)NCCOCCOC. The van der Waals surface area contributed by atoms with Gasteiger partial charge < -0.3 is 20.1 Å². The van der Waals surface area contributed by atoms with E-state index in [9.17, 15) is 0 Å². The van der Waals surface area contributed by atoms with Crippen molar-refractivity contribution in [3.8, 4) is 0 Å². The summed E-state index contributed by atoms with van der Waals surface area (Å²) in [5.74, 6) is 0.788. The van der Waals surface area contributed by atoms with Gasteiger partial charge in [0.2, 0.25) is 0 Å². The van der Waals surface area contributed by atoms with E-state index in [2.05, 4.69) is 46.8 Å². The van der Waals surface area contributed by atoms with Crippen molar-refractivity contribution in [3.05, 3.63) is 35.4 Å². The summed E-state index contributed by atoms with van der Waals surface area (Å²) in [5.41, 5.74) is 2.67. The van der Waals surface area contributed by atoms with Crippen LogP contribution in [0.5, 0.6) is 0 Å². The smallest absolute Gasteiger partial charge is 0.191 e. The first kappa shape index (κ1) is 17.5. The molecule has 1 rings (SSSR count). The molecular weight excluding hydrogens is 266 g/mol. The number of nitrogens with zero attached hydrogens (tertiary/aromatic N) is 1. The van der Waals surface area contributed by atoms with Gasteiger partial charge in [0.1, 0.15) is 0 Å². The topological polar surface area (TPSA) is 54.9 Å². The number of rotatable bonds is 9. The summed E-state index contributed by atoms with van der Waals surface area (Å²) in [6, 6.07) is 8.45. The first-order valence-corrected chi connectivity index (χ1v) is 7.39. The standard InChI is InChI=1S/C16H27N3O2/c1-4-14-7-5-6-8-15(14)13-19-16(17-2)18-9-10-21-12-11-20-3/h5-8H,4,9-13H2,1-3H3,(H2,17,18,19). The van der Waals surface area contributed by atoms with Gasteiger partial charge >= 0.3 is 0 Å². The fraction of sp³-hybridized carbons (Fsp3) is 0.562. The van der Waals surface area contributed by atoms with Gasteiger partial charge in [-0.05, 0) is 17.5 Å². The highest BCUT2D eigenvalue weighted by atomic mass is 16.5. The number of aliphatic imine (C=N–C) groups is 1. The summed E-state index contributed by atoms with van der Waals surface area (Å²) in [6.45, 7) is 5.54. The maximum atomic E-state index is 5.40. The molecule has 5 heteroatoms. The van der Waals surface area contributed by atoms with Crippen molar-refractivity contribution in [2.45, 2.75) is 19.9 Å². The van der Waals surface area contributed by atoms with Gasteiger partial charge in [-0.25, -0.2) is 0 Å². The van der Waals surface area contributed by atoms with Crippen LogP contribution in [0.3, 0.4) is 0 Å². The second-order valence-corrected chi connectivity index (χ2v) is 4.58. The highest BCUT2D eigenvalue weighted by Gasteiger charge is 2.01. The van der Waals surface area contributed by atoms with Crippen molar-refractivity contribution in [3.63, 3.8) is 0 Å². The lowest BCUT2D eigenvalue weighted by molar-refractivity contribution is 0.0733. The Bertz CT molecular complexity index is 422. The van der Waals surface area contributed by atoms with Gasteiger partial charge in [0.25, 0.3) is 0 Å². The zero-order valence-electron chi connectivity index (χ0n) is 13.3. The summed E-state index contributed by atoms with van der Waals surface area (Å²) in [5, 5.41) is 6.55. The molecule has 0 saturated heterocycles. The average molecular weight is 293 g/mol. The fourth-order valence-electron chi connectivity index (χ4n) is 1.96. The molecule has 0 aliphatic rings. The second-order valence-electron chi connectivity index (χ2n) is 4.58. The summed E-state index contributed by atoms with van der Waals surface area (Å²) >= 11 is 0. The lowest BCUT2D eigenvalue weighted by Gasteiger charge is -2.13. The number of hydrogen-bond donors (Lipinski definition) is 2. The molecule has 21 heavy (non-hydrogen) atoms. The van der Waals surface area contributed by atoms with Crippen LogP contribution in [0, 0.1) is 0 Å². The normalized spacial score (nSPS) is 11.5. The van der Waals surface area contributed by atoms with Gasteiger partial charge in [0, 0.05) is 27.2 Å². The molecule has 0 amide bonds. The van der Waals surface area contributed by atoms with Crippen LogP contribution in [0.15, 0.2) is 29.3 Å². The van der Waals surface area contributed by atoms with Crippen LogP contribution in [0.4, 0.5) is 0 Å². The third kappa shape index (κ3) is 7.11. The van der Waals surface area contributed by atoms with E-state index in [1.54, 1.807) is 14.2 Å². The zero-order chi connectivity index (χ0) is 15.3. The van der Waals surface area contributed by atoms with Crippen molar-refractivity contribution in [1.82, 2.24) is 10.6 Å². The molecule has 0 aliphatic heterocycles. The minimum Gasteiger partial charge on any atom is -0.382 e. The lowest BCUT2D eigenvalue weighted by atomic mass is 10.1. The van der Waals surface area contributed by atoms with E-state index in [0.29, 0.717) is 19.8 Å². The summed E-state index contributed by atoms with van der Waals surface area (Å²) in [7, 11) is 3.44. The molecule has 0 bridgehead atoms. The number of aryl methyl sites for hydroxylation is 1. The summed E-state index contributed by atoms with van der Waals surface area (Å²) < 4.78 is 10.3. The number of ether oxygens (including phenoxy) is 2. The van der Waals surface area contributed by atoms with Crippen LogP contribution in [-0.2, 0) is 22.4 Å². The quantitative estimate of drug-likeness (QED) is 0.412. The molecule has 0 unspecified atom stereocenters. The van der Waals surface area contributed by atoms with E-state index in [4.69, 9.17) is 9.47 Å². The van der Waals surface area contributed by atoms with Crippen molar-refractivity contribution in [2.75, 3.05) is 40.5 Å². The molecule has 0 heterocycles. The highest BCUT2D eigenvalue weighted by molar-refractivity contribution is 5.79. The van der Waals surface area contributed by atoms with Crippen LogP contribution in [-0.4, -0.2) is 46.5 Å². The Balaban J connectivity index is 2.28. The number of nitrogens with one attached hydrogen (secondary N) is 2. The molecule has 5 nitrogen and oxygen atoms in total. The summed E-state index contributed by atoms with van der Waals surface area (Å²) in [4.78, 5) is 4.21. The predicted molar refractivity (Wildman–Crippen MR) is 86.7 cm³/mol. The van der Waals surface area contributed by atoms with Crippen LogP contribution in [0.1, 0.15) is 18.1 Å². The van der Waals surface area contributed by atoms with Gasteiger partial charge in [-0.2, -0.15) is 0 Å². The Hall–Kier alpha value is -1.59. The number of guanidine groups is 1. The molecule has 118 valence electrons. The van der Waals surface area contributed by atoms with Crippen molar-refractivity contribution >= 4 is 5.96 Å². The molecule has 0 atom stereocenters.